The first-order valence-electron chi connectivity index (χ1n) is 5.40. The van der Waals surface area contributed by atoms with E-state index >= 15 is 0 Å². The van der Waals surface area contributed by atoms with Gasteiger partial charge in [-0.25, -0.2) is 0 Å². The van der Waals surface area contributed by atoms with Crippen molar-refractivity contribution >= 4 is 5.91 Å². The second-order valence-corrected chi connectivity index (χ2v) is 4.52. The zero-order chi connectivity index (χ0) is 10.1. The lowest BCUT2D eigenvalue weighted by molar-refractivity contribution is -0.131. The van der Waals surface area contributed by atoms with Crippen LogP contribution in [0.5, 0.6) is 0 Å². The van der Waals surface area contributed by atoms with Gasteiger partial charge >= 0.3 is 0 Å². The molecule has 2 aliphatic rings. The molecular formula is C10H19N3O. The van der Waals surface area contributed by atoms with Crippen molar-refractivity contribution in [2.75, 3.05) is 26.7 Å². The number of hydrogen-bond acceptors (Lipinski definition) is 3. The van der Waals surface area contributed by atoms with Crippen LogP contribution in [0.15, 0.2) is 0 Å². The van der Waals surface area contributed by atoms with E-state index in [0.717, 1.165) is 19.5 Å². The number of hydrogen-bond donors (Lipinski definition) is 1. The Morgan fingerprint density at radius 2 is 2.21 bits per heavy atom. The van der Waals surface area contributed by atoms with Gasteiger partial charge < -0.3 is 10.6 Å². The standard InChI is InChI=1S/C10H19N3O/c1-12(9-2-3-9)10(14)7-13-5-4-8(11)6-13/h8-9H,2-7,11H2,1H3/t8-/m1/s1. The summed E-state index contributed by atoms with van der Waals surface area (Å²) >= 11 is 0. The van der Waals surface area contributed by atoms with Crippen LogP contribution in [-0.2, 0) is 4.79 Å². The highest BCUT2D eigenvalue weighted by atomic mass is 16.2. The van der Waals surface area contributed by atoms with Gasteiger partial charge in [-0.3, -0.25) is 9.69 Å². The Morgan fingerprint density at radius 1 is 1.50 bits per heavy atom. The van der Waals surface area contributed by atoms with Gasteiger partial charge in [0.05, 0.1) is 6.54 Å². The van der Waals surface area contributed by atoms with Crippen LogP contribution in [0, 0.1) is 0 Å². The van der Waals surface area contributed by atoms with E-state index in [4.69, 9.17) is 5.73 Å². The molecule has 0 aromatic rings. The van der Waals surface area contributed by atoms with E-state index in [1.807, 2.05) is 11.9 Å². The van der Waals surface area contributed by atoms with Gasteiger partial charge in [0.25, 0.3) is 0 Å². The molecule has 1 aliphatic heterocycles. The number of carbonyl (C=O) groups is 1. The summed E-state index contributed by atoms with van der Waals surface area (Å²) in [5.74, 6) is 0.251. The number of nitrogens with two attached hydrogens (primary N) is 1. The quantitative estimate of drug-likeness (QED) is 0.672. The molecule has 1 heterocycles. The highest BCUT2D eigenvalue weighted by molar-refractivity contribution is 5.78. The average molecular weight is 197 g/mol. The SMILES string of the molecule is CN(C(=O)CN1CC[C@@H](N)C1)C1CC1. The molecule has 1 saturated carbocycles. The van der Waals surface area contributed by atoms with Crippen LogP contribution >= 0.6 is 0 Å². The highest BCUT2D eigenvalue weighted by Gasteiger charge is 2.31. The maximum Gasteiger partial charge on any atom is 0.236 e. The van der Waals surface area contributed by atoms with E-state index in [0.29, 0.717) is 12.6 Å². The second kappa shape index (κ2) is 3.87. The summed E-state index contributed by atoms with van der Waals surface area (Å²) in [7, 11) is 1.91. The lowest BCUT2D eigenvalue weighted by Gasteiger charge is -2.20. The van der Waals surface area contributed by atoms with Crippen molar-refractivity contribution < 1.29 is 4.79 Å². The van der Waals surface area contributed by atoms with E-state index in [-0.39, 0.29) is 11.9 Å². The van der Waals surface area contributed by atoms with Crippen molar-refractivity contribution in [3.05, 3.63) is 0 Å². The minimum absolute atomic E-state index is 0.251. The molecule has 2 N–H and O–H groups in total. The summed E-state index contributed by atoms with van der Waals surface area (Å²) in [6, 6.07) is 0.799. The third-order valence-corrected chi connectivity index (χ3v) is 3.16. The minimum Gasteiger partial charge on any atom is -0.342 e. The van der Waals surface area contributed by atoms with Gasteiger partial charge in [0.1, 0.15) is 0 Å². The van der Waals surface area contributed by atoms with Crippen LogP contribution in [0.1, 0.15) is 19.3 Å². The van der Waals surface area contributed by atoms with E-state index in [9.17, 15) is 4.79 Å². The normalized spacial score (nSPS) is 28.0. The third kappa shape index (κ3) is 2.25. The Morgan fingerprint density at radius 3 is 2.71 bits per heavy atom. The Hall–Kier alpha value is -0.610. The van der Waals surface area contributed by atoms with Crippen LogP contribution in [-0.4, -0.2) is 54.5 Å². The van der Waals surface area contributed by atoms with Gasteiger partial charge in [-0.15, -0.1) is 0 Å². The molecule has 0 unspecified atom stereocenters. The maximum absolute atomic E-state index is 11.7. The molecule has 4 nitrogen and oxygen atoms in total. The molecule has 0 spiro atoms. The number of carbonyl (C=O) groups excluding carboxylic acids is 1. The third-order valence-electron chi connectivity index (χ3n) is 3.16. The zero-order valence-electron chi connectivity index (χ0n) is 8.78. The Bertz CT molecular complexity index is 227. The molecule has 1 amide bonds. The molecule has 2 fully saturated rings. The van der Waals surface area contributed by atoms with Gasteiger partial charge in [0, 0.05) is 32.2 Å². The summed E-state index contributed by atoms with van der Waals surface area (Å²) in [4.78, 5) is 15.8. The predicted molar refractivity (Wildman–Crippen MR) is 54.8 cm³/mol. The number of likely N-dealkylation sites (tertiary alicyclic amines) is 1. The maximum atomic E-state index is 11.7. The first kappa shape index (κ1) is 9.93. The van der Waals surface area contributed by atoms with Crippen molar-refractivity contribution in [2.24, 2.45) is 5.73 Å². The van der Waals surface area contributed by atoms with Gasteiger partial charge in [-0.05, 0) is 19.3 Å². The van der Waals surface area contributed by atoms with E-state index in [1.165, 1.54) is 12.8 Å². The molecule has 1 aliphatic carbocycles. The topological polar surface area (TPSA) is 49.6 Å². The summed E-state index contributed by atoms with van der Waals surface area (Å²) in [5.41, 5.74) is 5.78. The van der Waals surface area contributed by atoms with Gasteiger partial charge in [-0.2, -0.15) is 0 Å². The molecule has 0 radical (unpaired) electrons. The summed E-state index contributed by atoms with van der Waals surface area (Å²) < 4.78 is 0. The fourth-order valence-electron chi connectivity index (χ4n) is 1.97. The van der Waals surface area contributed by atoms with Crippen molar-refractivity contribution in [2.45, 2.75) is 31.3 Å². The molecule has 1 saturated heterocycles. The molecule has 4 heteroatoms. The van der Waals surface area contributed by atoms with Gasteiger partial charge in [0.2, 0.25) is 5.91 Å². The van der Waals surface area contributed by atoms with Crippen LogP contribution in [0.2, 0.25) is 0 Å². The van der Waals surface area contributed by atoms with E-state index < -0.39 is 0 Å². The predicted octanol–water partition coefficient (Wildman–Crippen LogP) is -0.360. The molecule has 14 heavy (non-hydrogen) atoms. The van der Waals surface area contributed by atoms with Gasteiger partial charge in [-0.1, -0.05) is 0 Å². The van der Waals surface area contributed by atoms with Gasteiger partial charge in [0.15, 0.2) is 0 Å². The van der Waals surface area contributed by atoms with E-state index in [2.05, 4.69) is 4.90 Å². The Labute approximate surface area is 85.0 Å². The van der Waals surface area contributed by atoms with Crippen molar-refractivity contribution in [1.82, 2.24) is 9.80 Å². The molecule has 0 bridgehead atoms. The van der Waals surface area contributed by atoms with Crippen molar-refractivity contribution in [3.63, 3.8) is 0 Å². The van der Waals surface area contributed by atoms with Crippen LogP contribution in [0.3, 0.4) is 0 Å². The Balaban J connectivity index is 1.76. The van der Waals surface area contributed by atoms with E-state index in [1.54, 1.807) is 0 Å². The minimum atomic E-state index is 0.251. The molecule has 0 aromatic carbocycles. The molecule has 80 valence electrons. The van der Waals surface area contributed by atoms with Crippen LogP contribution in [0.4, 0.5) is 0 Å². The number of amides is 1. The van der Waals surface area contributed by atoms with Crippen LogP contribution < -0.4 is 5.73 Å². The monoisotopic (exact) mass is 197 g/mol. The molecule has 1 atom stereocenters. The molecule has 2 rings (SSSR count). The lowest BCUT2D eigenvalue weighted by Crippen LogP contribution is -2.39. The lowest BCUT2D eigenvalue weighted by atomic mass is 10.3. The first-order chi connectivity index (χ1) is 6.66. The largest absolute Gasteiger partial charge is 0.342 e. The fourth-order valence-corrected chi connectivity index (χ4v) is 1.97. The van der Waals surface area contributed by atoms with Crippen LogP contribution in [0.25, 0.3) is 0 Å². The summed E-state index contributed by atoms with van der Waals surface area (Å²) in [6.45, 7) is 2.41. The highest BCUT2D eigenvalue weighted by Crippen LogP contribution is 2.25. The summed E-state index contributed by atoms with van der Waals surface area (Å²) in [6.07, 6.45) is 3.39. The molecular weight excluding hydrogens is 178 g/mol. The number of nitrogens with zero attached hydrogens (tertiary/aromatic N) is 2. The average Bonchev–Trinajstić information content (AvgIpc) is 2.91. The summed E-state index contributed by atoms with van der Waals surface area (Å²) in [5, 5.41) is 0. The van der Waals surface area contributed by atoms with Crippen molar-refractivity contribution in [3.8, 4) is 0 Å². The number of rotatable bonds is 3. The zero-order valence-corrected chi connectivity index (χ0v) is 8.78. The number of likely N-dealkylation sites (N-methyl/N-ethyl adjacent to an activating group) is 1. The molecule has 0 aromatic heterocycles. The Kier molecular flexibility index (Phi) is 2.74. The first-order valence-corrected chi connectivity index (χ1v) is 5.40. The van der Waals surface area contributed by atoms with Crippen molar-refractivity contribution in [1.29, 1.82) is 0 Å². The smallest absolute Gasteiger partial charge is 0.236 e. The second-order valence-electron chi connectivity index (χ2n) is 4.52. The fraction of sp³-hybridized carbons (Fsp3) is 0.900.